The molecule has 0 bridgehead atoms. The van der Waals surface area contributed by atoms with Crippen LogP contribution in [0.1, 0.15) is 5.56 Å². The number of hydrogen-bond acceptors (Lipinski definition) is 7. The molecule has 9 nitrogen and oxygen atoms in total. The van der Waals surface area contributed by atoms with E-state index in [0.717, 1.165) is 16.5 Å². The lowest BCUT2D eigenvalue weighted by molar-refractivity contribution is 0.0528. The van der Waals surface area contributed by atoms with E-state index in [4.69, 9.17) is 14.6 Å². The van der Waals surface area contributed by atoms with Crippen molar-refractivity contribution in [3.63, 3.8) is 0 Å². The molecule has 0 unspecified atom stereocenters. The molecule has 0 radical (unpaired) electrons. The normalized spacial score (nSPS) is 12.8. The molecule has 2 aromatic carbocycles. The molecule has 1 atom stereocenters. The van der Waals surface area contributed by atoms with Crippen LogP contribution in [0.15, 0.2) is 71.9 Å². The highest BCUT2D eigenvalue weighted by molar-refractivity contribution is 7.90. The van der Waals surface area contributed by atoms with E-state index < -0.39 is 22.7 Å². The number of nitrogens with zero attached hydrogens (tertiary/aromatic N) is 3. The quantitative estimate of drug-likeness (QED) is 0.321. The number of aryl methyl sites for hydroxylation is 2. The van der Waals surface area contributed by atoms with Gasteiger partial charge in [-0.05, 0) is 43.3 Å². The van der Waals surface area contributed by atoms with Gasteiger partial charge in [0.05, 0.1) is 29.8 Å². The predicted molar refractivity (Wildman–Crippen MR) is 141 cm³/mol. The van der Waals surface area contributed by atoms with Crippen molar-refractivity contribution in [1.29, 1.82) is 0 Å². The summed E-state index contributed by atoms with van der Waals surface area (Å²) < 4.78 is 42.3. The van der Waals surface area contributed by atoms with E-state index in [1.807, 2.05) is 36.9 Å². The highest BCUT2D eigenvalue weighted by Gasteiger charge is 2.27. The zero-order valence-corrected chi connectivity index (χ0v) is 21.4. The number of ether oxygens (including phenoxy) is 2. The van der Waals surface area contributed by atoms with Gasteiger partial charge in [0.2, 0.25) is 0 Å². The van der Waals surface area contributed by atoms with Gasteiger partial charge in [-0.2, -0.15) is 0 Å². The van der Waals surface area contributed by atoms with Gasteiger partial charge in [-0.1, -0.05) is 17.7 Å². The first-order valence-electron chi connectivity index (χ1n) is 11.6. The van der Waals surface area contributed by atoms with Crippen LogP contribution in [0.4, 0.5) is 0 Å². The van der Waals surface area contributed by atoms with E-state index in [1.54, 1.807) is 48.7 Å². The number of benzene rings is 2. The van der Waals surface area contributed by atoms with Crippen molar-refractivity contribution in [1.82, 2.24) is 13.5 Å². The topological polar surface area (TPSA) is 116 Å². The average molecular weight is 522 g/mol. The van der Waals surface area contributed by atoms with Gasteiger partial charge in [-0.25, -0.2) is 17.4 Å². The number of aromatic nitrogens is 3. The van der Waals surface area contributed by atoms with Gasteiger partial charge < -0.3 is 24.3 Å². The van der Waals surface area contributed by atoms with E-state index in [9.17, 15) is 13.5 Å². The Bertz CT molecular complexity index is 1700. The van der Waals surface area contributed by atoms with Gasteiger partial charge in [0.25, 0.3) is 10.0 Å². The van der Waals surface area contributed by atoms with Crippen LogP contribution in [0.3, 0.4) is 0 Å². The molecular formula is C27H27N3O6S. The fourth-order valence-electron chi connectivity index (χ4n) is 4.36. The molecule has 0 amide bonds. The van der Waals surface area contributed by atoms with E-state index in [2.05, 4.69) is 4.98 Å². The van der Waals surface area contributed by atoms with Gasteiger partial charge in [0, 0.05) is 41.8 Å². The van der Waals surface area contributed by atoms with Crippen molar-refractivity contribution in [2.24, 2.45) is 7.05 Å². The van der Waals surface area contributed by atoms with Gasteiger partial charge in [-0.15, -0.1) is 0 Å². The Labute approximate surface area is 214 Å². The minimum Gasteiger partial charge on any atom is -0.493 e. The van der Waals surface area contributed by atoms with Crippen LogP contribution >= 0.6 is 0 Å². The van der Waals surface area contributed by atoms with E-state index >= 15 is 0 Å². The molecule has 0 saturated heterocycles. The number of hydrogen-bond donors (Lipinski definition) is 2. The van der Waals surface area contributed by atoms with Crippen LogP contribution in [-0.4, -0.2) is 58.6 Å². The number of pyridine rings is 1. The van der Waals surface area contributed by atoms with Crippen molar-refractivity contribution in [2.45, 2.75) is 17.9 Å². The van der Waals surface area contributed by atoms with Crippen molar-refractivity contribution in [3.05, 3.63) is 72.6 Å². The summed E-state index contributed by atoms with van der Waals surface area (Å²) in [5.74, 6) is 0.803. The monoisotopic (exact) mass is 521 g/mol. The zero-order valence-electron chi connectivity index (χ0n) is 20.6. The van der Waals surface area contributed by atoms with E-state index in [-0.39, 0.29) is 11.5 Å². The molecule has 0 spiro atoms. The van der Waals surface area contributed by atoms with Gasteiger partial charge in [-0.3, -0.25) is 0 Å². The smallest absolute Gasteiger partial charge is 0.269 e. The summed E-state index contributed by atoms with van der Waals surface area (Å²) in [6.07, 6.45) is 2.37. The van der Waals surface area contributed by atoms with E-state index in [1.165, 1.54) is 11.1 Å². The second kappa shape index (κ2) is 9.55. The minimum atomic E-state index is -4.00. The Hall–Kier alpha value is -3.86. The third-order valence-electron chi connectivity index (χ3n) is 6.27. The predicted octanol–water partition coefficient (Wildman–Crippen LogP) is 3.48. The molecule has 0 aliphatic carbocycles. The Balaban J connectivity index is 1.76. The molecule has 3 heterocycles. The lowest BCUT2D eigenvalue weighted by Crippen LogP contribution is -2.21. The Morgan fingerprint density at radius 1 is 1.08 bits per heavy atom. The number of rotatable bonds is 8. The first kappa shape index (κ1) is 24.8. The second-order valence-electron chi connectivity index (χ2n) is 8.85. The van der Waals surface area contributed by atoms with Crippen molar-refractivity contribution in [3.8, 4) is 22.8 Å². The molecule has 2 N–H and O–H groups in total. The maximum absolute atomic E-state index is 14.0. The molecule has 192 valence electrons. The number of aliphatic hydroxyl groups excluding tert-OH is 2. The summed E-state index contributed by atoms with van der Waals surface area (Å²) in [5, 5.41) is 20.3. The maximum atomic E-state index is 14.0. The molecule has 0 fully saturated rings. The standard InChI is InChI=1S/C27H27N3O6S/c1-17-6-8-20(9-7-17)37(33,34)30-24(11-18-5-4-10-28-27(18)30)22-14-29(2)23-13-25(35-3)26(12-21(22)23)36-16-19(32)15-31/h4-14,19,31-32H,15-16H2,1-3H3/t19-/m1/s1. The highest BCUT2D eigenvalue weighted by Crippen LogP contribution is 2.40. The van der Waals surface area contributed by atoms with Crippen molar-refractivity contribution < 1.29 is 28.1 Å². The molecule has 5 rings (SSSR count). The molecule has 0 saturated carbocycles. The molecule has 3 aromatic heterocycles. The summed E-state index contributed by atoms with van der Waals surface area (Å²) in [6.45, 7) is 1.33. The first-order valence-corrected chi connectivity index (χ1v) is 13.1. The van der Waals surface area contributed by atoms with Gasteiger partial charge in [0.15, 0.2) is 17.1 Å². The van der Waals surface area contributed by atoms with Crippen LogP contribution in [0.25, 0.3) is 33.2 Å². The number of fused-ring (bicyclic) bond motifs is 2. The van der Waals surface area contributed by atoms with E-state index in [0.29, 0.717) is 33.8 Å². The second-order valence-corrected chi connectivity index (χ2v) is 10.6. The van der Waals surface area contributed by atoms with Crippen LogP contribution in [-0.2, 0) is 17.1 Å². The molecular weight excluding hydrogens is 494 g/mol. The molecule has 37 heavy (non-hydrogen) atoms. The Morgan fingerprint density at radius 2 is 1.84 bits per heavy atom. The maximum Gasteiger partial charge on any atom is 0.269 e. The third-order valence-corrected chi connectivity index (χ3v) is 7.99. The lowest BCUT2D eigenvalue weighted by atomic mass is 10.1. The van der Waals surface area contributed by atoms with Crippen molar-refractivity contribution >= 4 is 32.0 Å². The molecule has 0 aliphatic heterocycles. The van der Waals surface area contributed by atoms with Crippen molar-refractivity contribution in [2.75, 3.05) is 20.3 Å². The number of aliphatic hydroxyl groups is 2. The summed E-state index contributed by atoms with van der Waals surface area (Å²) in [6, 6.07) is 15.7. The largest absolute Gasteiger partial charge is 0.493 e. The fraction of sp³-hybridized carbons (Fsp3) is 0.222. The zero-order chi connectivity index (χ0) is 26.3. The first-order chi connectivity index (χ1) is 17.7. The summed E-state index contributed by atoms with van der Waals surface area (Å²) in [5.41, 5.74) is 3.18. The van der Waals surface area contributed by atoms with Crippen LogP contribution in [0.2, 0.25) is 0 Å². The fourth-order valence-corrected chi connectivity index (χ4v) is 5.84. The minimum absolute atomic E-state index is 0.132. The average Bonchev–Trinajstić information content (AvgIpc) is 3.44. The molecule has 0 aliphatic rings. The number of methoxy groups -OCH3 is 1. The Morgan fingerprint density at radius 3 is 2.54 bits per heavy atom. The summed E-state index contributed by atoms with van der Waals surface area (Å²) in [7, 11) is -0.623. The molecule has 10 heteroatoms. The van der Waals surface area contributed by atoms with Crippen LogP contribution in [0, 0.1) is 6.92 Å². The van der Waals surface area contributed by atoms with Crippen LogP contribution in [0.5, 0.6) is 11.5 Å². The molecule has 5 aromatic rings. The summed E-state index contributed by atoms with van der Waals surface area (Å²) >= 11 is 0. The Kier molecular flexibility index (Phi) is 6.40. The highest BCUT2D eigenvalue weighted by atomic mass is 32.2. The SMILES string of the molecule is COc1cc2c(cc1OC[C@H](O)CO)c(-c1cc3cccnc3n1S(=O)(=O)c1ccc(C)cc1)cn2C. The van der Waals surface area contributed by atoms with Crippen LogP contribution < -0.4 is 9.47 Å². The lowest BCUT2D eigenvalue weighted by Gasteiger charge is -2.14. The third kappa shape index (κ3) is 4.33. The van der Waals surface area contributed by atoms with Gasteiger partial charge >= 0.3 is 0 Å². The van der Waals surface area contributed by atoms with Gasteiger partial charge in [0.1, 0.15) is 12.7 Å². The summed E-state index contributed by atoms with van der Waals surface area (Å²) in [4.78, 5) is 4.57.